The fraction of sp³-hybridized carbons (Fsp3) is 0.438. The van der Waals surface area contributed by atoms with E-state index in [9.17, 15) is 9.59 Å². The highest BCUT2D eigenvalue weighted by molar-refractivity contribution is 5.93. The quantitative estimate of drug-likeness (QED) is 0.646. The van der Waals surface area contributed by atoms with Gasteiger partial charge in [0.25, 0.3) is 0 Å². The van der Waals surface area contributed by atoms with Crippen molar-refractivity contribution in [3.05, 3.63) is 30.3 Å². The summed E-state index contributed by atoms with van der Waals surface area (Å²) in [5.74, 6) is -0.449. The van der Waals surface area contributed by atoms with E-state index in [0.717, 1.165) is 11.4 Å². The van der Waals surface area contributed by atoms with Gasteiger partial charge in [-0.1, -0.05) is 39.0 Å². The molecule has 0 saturated carbocycles. The predicted molar refractivity (Wildman–Crippen MR) is 85.0 cm³/mol. The van der Waals surface area contributed by atoms with Crippen LogP contribution in [0.15, 0.2) is 35.4 Å². The number of hydrazone groups is 1. The smallest absolute Gasteiger partial charge is 0.240 e. The monoisotopic (exact) mass is 289 g/mol. The van der Waals surface area contributed by atoms with E-state index < -0.39 is 0 Å². The maximum atomic E-state index is 11.7. The third kappa shape index (κ3) is 6.70. The van der Waals surface area contributed by atoms with E-state index in [1.165, 1.54) is 0 Å². The second kappa shape index (κ2) is 7.57. The van der Waals surface area contributed by atoms with E-state index in [1.807, 2.05) is 45.9 Å². The van der Waals surface area contributed by atoms with Gasteiger partial charge in [0.05, 0.1) is 0 Å². The molecular formula is C16H23N3O2. The predicted octanol–water partition coefficient (Wildman–Crippen LogP) is 2.94. The van der Waals surface area contributed by atoms with Crippen LogP contribution < -0.4 is 10.7 Å². The molecule has 0 aromatic heterocycles. The van der Waals surface area contributed by atoms with Crippen molar-refractivity contribution in [2.45, 2.75) is 40.5 Å². The molecule has 0 fully saturated rings. The summed E-state index contributed by atoms with van der Waals surface area (Å²) in [7, 11) is 0. The Hall–Kier alpha value is -2.17. The molecule has 0 aliphatic rings. The van der Waals surface area contributed by atoms with E-state index >= 15 is 0 Å². The van der Waals surface area contributed by atoms with Crippen LogP contribution in [0.5, 0.6) is 0 Å². The molecule has 1 rings (SSSR count). The highest BCUT2D eigenvalue weighted by Gasteiger charge is 2.14. The molecule has 2 N–H and O–H groups in total. The lowest BCUT2D eigenvalue weighted by Gasteiger charge is -2.17. The van der Waals surface area contributed by atoms with Gasteiger partial charge in [-0.25, -0.2) is 5.43 Å². The van der Waals surface area contributed by atoms with Crippen LogP contribution >= 0.6 is 0 Å². The van der Waals surface area contributed by atoms with Crippen molar-refractivity contribution >= 4 is 23.2 Å². The fourth-order valence-electron chi connectivity index (χ4n) is 1.34. The van der Waals surface area contributed by atoms with Crippen LogP contribution in [0, 0.1) is 5.41 Å². The normalized spacial score (nSPS) is 11.9. The van der Waals surface area contributed by atoms with E-state index in [4.69, 9.17) is 0 Å². The summed E-state index contributed by atoms with van der Waals surface area (Å²) in [6.45, 7) is 7.92. The van der Waals surface area contributed by atoms with Crippen molar-refractivity contribution in [2.75, 3.05) is 5.32 Å². The molecule has 5 nitrogen and oxygen atoms in total. The summed E-state index contributed by atoms with van der Waals surface area (Å²) in [4.78, 5) is 23.3. The highest BCUT2D eigenvalue weighted by atomic mass is 16.2. The SMILES string of the molecule is CC(=NNC(=O)CCC(=O)Nc1ccccc1)C(C)(C)C. The summed E-state index contributed by atoms with van der Waals surface area (Å²) in [6, 6.07) is 9.15. The zero-order chi connectivity index (χ0) is 15.9. The molecule has 0 unspecified atom stereocenters. The number of benzene rings is 1. The van der Waals surface area contributed by atoms with Gasteiger partial charge in [-0.3, -0.25) is 9.59 Å². The van der Waals surface area contributed by atoms with Gasteiger partial charge in [0, 0.05) is 29.7 Å². The van der Waals surface area contributed by atoms with E-state index in [1.54, 1.807) is 12.1 Å². The number of anilines is 1. The number of hydrogen-bond acceptors (Lipinski definition) is 3. The summed E-state index contributed by atoms with van der Waals surface area (Å²) < 4.78 is 0. The van der Waals surface area contributed by atoms with Crippen LogP contribution in [0.1, 0.15) is 40.5 Å². The molecule has 0 saturated heterocycles. The van der Waals surface area contributed by atoms with Crippen LogP contribution in [0.3, 0.4) is 0 Å². The molecule has 0 heterocycles. The maximum absolute atomic E-state index is 11.7. The second-order valence-electron chi connectivity index (χ2n) is 5.90. The first-order valence-corrected chi connectivity index (χ1v) is 6.97. The van der Waals surface area contributed by atoms with Crippen molar-refractivity contribution in [1.82, 2.24) is 5.43 Å². The van der Waals surface area contributed by atoms with Crippen molar-refractivity contribution in [3.8, 4) is 0 Å². The Kier molecular flexibility index (Phi) is 6.09. The average Bonchev–Trinajstić information content (AvgIpc) is 2.42. The molecule has 5 heteroatoms. The maximum Gasteiger partial charge on any atom is 0.240 e. The molecule has 0 spiro atoms. The van der Waals surface area contributed by atoms with Crippen molar-refractivity contribution in [3.63, 3.8) is 0 Å². The van der Waals surface area contributed by atoms with Crippen molar-refractivity contribution in [1.29, 1.82) is 0 Å². The Morgan fingerprint density at radius 1 is 1.05 bits per heavy atom. The molecule has 0 aliphatic heterocycles. The van der Waals surface area contributed by atoms with Crippen LogP contribution in [0.2, 0.25) is 0 Å². The number of carbonyl (C=O) groups is 2. The van der Waals surface area contributed by atoms with Crippen LogP contribution in [0.25, 0.3) is 0 Å². The lowest BCUT2D eigenvalue weighted by molar-refractivity contribution is -0.124. The average molecular weight is 289 g/mol. The molecule has 2 amide bonds. The molecule has 1 aromatic rings. The number of nitrogens with zero attached hydrogens (tertiary/aromatic N) is 1. The highest BCUT2D eigenvalue weighted by Crippen LogP contribution is 2.14. The molecular weight excluding hydrogens is 266 g/mol. The van der Waals surface area contributed by atoms with E-state index in [0.29, 0.717) is 0 Å². The molecule has 0 bridgehead atoms. The third-order valence-electron chi connectivity index (χ3n) is 3.07. The van der Waals surface area contributed by atoms with Gasteiger partial charge in [-0.2, -0.15) is 5.10 Å². The molecule has 21 heavy (non-hydrogen) atoms. The first-order valence-electron chi connectivity index (χ1n) is 6.97. The standard InChI is InChI=1S/C16H23N3O2/c1-12(16(2,3)4)18-19-15(21)11-10-14(20)17-13-8-6-5-7-9-13/h5-9H,10-11H2,1-4H3,(H,17,20)(H,19,21). The largest absolute Gasteiger partial charge is 0.326 e. The summed E-state index contributed by atoms with van der Waals surface area (Å²) in [6.07, 6.45) is 0.240. The number of nitrogens with one attached hydrogen (secondary N) is 2. The van der Waals surface area contributed by atoms with Gasteiger partial charge >= 0.3 is 0 Å². The lowest BCUT2D eigenvalue weighted by Crippen LogP contribution is -2.25. The van der Waals surface area contributed by atoms with Gasteiger partial charge < -0.3 is 5.32 Å². The summed E-state index contributed by atoms with van der Waals surface area (Å²) in [5.41, 5.74) is 3.96. The second-order valence-corrected chi connectivity index (χ2v) is 5.90. The van der Waals surface area contributed by atoms with Crippen LogP contribution in [-0.2, 0) is 9.59 Å². The Bertz CT molecular complexity index is 516. The number of hydrogen-bond donors (Lipinski definition) is 2. The Morgan fingerprint density at radius 3 is 2.19 bits per heavy atom. The first kappa shape index (κ1) is 16.9. The fourth-order valence-corrected chi connectivity index (χ4v) is 1.34. The van der Waals surface area contributed by atoms with Gasteiger partial charge in [0.15, 0.2) is 0 Å². The molecule has 0 aliphatic carbocycles. The topological polar surface area (TPSA) is 70.6 Å². The number of para-hydroxylation sites is 1. The van der Waals surface area contributed by atoms with Crippen LogP contribution in [-0.4, -0.2) is 17.5 Å². The molecule has 0 radical (unpaired) electrons. The zero-order valence-corrected chi connectivity index (χ0v) is 13.1. The Morgan fingerprint density at radius 2 is 1.62 bits per heavy atom. The molecule has 0 atom stereocenters. The zero-order valence-electron chi connectivity index (χ0n) is 13.1. The number of rotatable bonds is 5. The van der Waals surface area contributed by atoms with Crippen molar-refractivity contribution in [2.24, 2.45) is 10.5 Å². The summed E-state index contributed by atoms with van der Waals surface area (Å²) in [5, 5.41) is 6.77. The first-order chi connectivity index (χ1) is 9.79. The van der Waals surface area contributed by atoms with E-state index in [2.05, 4.69) is 15.8 Å². The van der Waals surface area contributed by atoms with Gasteiger partial charge in [-0.15, -0.1) is 0 Å². The Labute approximate surface area is 125 Å². The van der Waals surface area contributed by atoms with E-state index in [-0.39, 0.29) is 30.1 Å². The minimum Gasteiger partial charge on any atom is -0.326 e. The van der Waals surface area contributed by atoms with Gasteiger partial charge in [-0.05, 0) is 19.1 Å². The van der Waals surface area contributed by atoms with Crippen LogP contribution in [0.4, 0.5) is 5.69 Å². The minimum absolute atomic E-state index is 0.0854. The van der Waals surface area contributed by atoms with Gasteiger partial charge in [0.1, 0.15) is 0 Å². The lowest BCUT2D eigenvalue weighted by atomic mass is 9.91. The van der Waals surface area contributed by atoms with Gasteiger partial charge in [0.2, 0.25) is 11.8 Å². The molecule has 114 valence electrons. The number of carbonyl (C=O) groups excluding carboxylic acids is 2. The summed E-state index contributed by atoms with van der Waals surface area (Å²) >= 11 is 0. The Balaban J connectivity index is 2.35. The number of amides is 2. The molecule has 1 aromatic carbocycles. The minimum atomic E-state index is -0.262. The van der Waals surface area contributed by atoms with Crippen molar-refractivity contribution < 1.29 is 9.59 Å². The third-order valence-corrected chi connectivity index (χ3v) is 3.07.